The van der Waals surface area contributed by atoms with Crippen molar-refractivity contribution in [1.82, 2.24) is 30.5 Å². The largest absolute Gasteiger partial charge is 0.354 e. The third-order valence-corrected chi connectivity index (χ3v) is 8.06. The molecular formula is C29H38N6O2. The van der Waals surface area contributed by atoms with Crippen LogP contribution < -0.4 is 10.6 Å². The number of carbonyl (C=O) groups is 2. The molecule has 0 bridgehead atoms. The number of rotatable bonds is 7. The summed E-state index contributed by atoms with van der Waals surface area (Å²) in [5, 5.41) is 6.13. The van der Waals surface area contributed by atoms with E-state index in [9.17, 15) is 9.59 Å². The molecule has 0 radical (unpaired) electrons. The first-order valence-electron chi connectivity index (χ1n) is 13.7. The number of likely N-dealkylation sites (tertiary alicyclic amines) is 1. The fourth-order valence-electron chi connectivity index (χ4n) is 5.92. The molecule has 3 unspecified atom stereocenters. The van der Waals surface area contributed by atoms with Crippen molar-refractivity contribution in [3.63, 3.8) is 0 Å². The lowest BCUT2D eigenvalue weighted by Gasteiger charge is -2.35. The van der Waals surface area contributed by atoms with Crippen molar-refractivity contribution in [3.05, 3.63) is 47.9 Å². The summed E-state index contributed by atoms with van der Waals surface area (Å²) < 4.78 is 0. The van der Waals surface area contributed by atoms with Crippen LogP contribution in [-0.4, -0.2) is 57.3 Å². The number of aromatic nitrogens is 3. The second-order valence-corrected chi connectivity index (χ2v) is 10.6. The molecular weight excluding hydrogens is 464 g/mol. The van der Waals surface area contributed by atoms with E-state index in [-0.39, 0.29) is 29.8 Å². The molecule has 196 valence electrons. The molecule has 2 aromatic heterocycles. The minimum atomic E-state index is -0.490. The van der Waals surface area contributed by atoms with Crippen LogP contribution in [0, 0.1) is 12.8 Å². The zero-order valence-corrected chi connectivity index (χ0v) is 22.1. The summed E-state index contributed by atoms with van der Waals surface area (Å²) in [6.45, 7) is 4.43. The van der Waals surface area contributed by atoms with E-state index in [2.05, 4.69) is 33.8 Å². The predicted molar refractivity (Wildman–Crippen MR) is 145 cm³/mol. The quantitative estimate of drug-likeness (QED) is 0.448. The molecule has 1 aliphatic heterocycles. The van der Waals surface area contributed by atoms with Crippen LogP contribution in [0.4, 0.5) is 0 Å². The van der Waals surface area contributed by atoms with Gasteiger partial charge >= 0.3 is 0 Å². The lowest BCUT2D eigenvalue weighted by molar-refractivity contribution is -0.139. The Labute approximate surface area is 218 Å². The topological polar surface area (TPSA) is 103 Å². The van der Waals surface area contributed by atoms with Crippen LogP contribution in [0.25, 0.3) is 22.3 Å². The number of nitrogens with one attached hydrogen (secondary N) is 3. The molecule has 3 N–H and O–H groups in total. The van der Waals surface area contributed by atoms with Gasteiger partial charge in [-0.25, -0.2) is 9.97 Å². The highest BCUT2D eigenvalue weighted by Crippen LogP contribution is 2.37. The molecule has 1 aromatic carbocycles. The third-order valence-electron chi connectivity index (χ3n) is 8.06. The van der Waals surface area contributed by atoms with E-state index in [1.54, 1.807) is 7.05 Å². The number of fused-ring (bicyclic) bond motifs is 1. The second kappa shape index (κ2) is 11.0. The highest BCUT2D eigenvalue weighted by Gasteiger charge is 2.39. The van der Waals surface area contributed by atoms with Crippen LogP contribution in [0.5, 0.6) is 0 Å². The van der Waals surface area contributed by atoms with Crippen LogP contribution in [0.1, 0.15) is 69.4 Å². The first-order valence-corrected chi connectivity index (χ1v) is 13.7. The van der Waals surface area contributed by atoms with Crippen molar-refractivity contribution >= 4 is 22.8 Å². The number of benzene rings is 1. The molecule has 8 heteroatoms. The highest BCUT2D eigenvalue weighted by molar-refractivity contribution is 5.92. The molecule has 2 fully saturated rings. The number of aromatic amines is 1. The molecule has 3 atom stereocenters. The zero-order valence-electron chi connectivity index (χ0n) is 22.1. The smallest absolute Gasteiger partial charge is 0.246 e. The average molecular weight is 503 g/mol. The molecule has 8 nitrogen and oxygen atoms in total. The Bertz CT molecular complexity index is 1250. The summed E-state index contributed by atoms with van der Waals surface area (Å²) in [6, 6.07) is 11.3. The van der Waals surface area contributed by atoms with Crippen molar-refractivity contribution in [3.8, 4) is 11.3 Å². The molecule has 3 aromatic rings. The summed E-state index contributed by atoms with van der Waals surface area (Å²) in [5.41, 5.74) is 4.64. The number of hydrogen-bond acceptors (Lipinski definition) is 5. The van der Waals surface area contributed by atoms with Crippen molar-refractivity contribution in [1.29, 1.82) is 0 Å². The molecule has 1 saturated carbocycles. The van der Waals surface area contributed by atoms with Gasteiger partial charge in [0.25, 0.3) is 0 Å². The van der Waals surface area contributed by atoms with E-state index in [4.69, 9.17) is 9.97 Å². The first kappa shape index (κ1) is 25.4. The molecule has 1 saturated heterocycles. The minimum Gasteiger partial charge on any atom is -0.354 e. The summed E-state index contributed by atoms with van der Waals surface area (Å²) in [7, 11) is 1.77. The van der Waals surface area contributed by atoms with Gasteiger partial charge in [0, 0.05) is 17.8 Å². The predicted octanol–water partition coefficient (Wildman–Crippen LogP) is 4.27. The number of H-pyrrole nitrogens is 1. The van der Waals surface area contributed by atoms with Crippen LogP contribution in [0.2, 0.25) is 0 Å². The molecule has 3 heterocycles. The Balaban J connectivity index is 1.46. The van der Waals surface area contributed by atoms with Gasteiger partial charge < -0.3 is 20.5 Å². The number of likely N-dealkylation sites (N-methyl/N-ethyl adjacent to an activating group) is 1. The third kappa shape index (κ3) is 5.25. The summed E-state index contributed by atoms with van der Waals surface area (Å²) in [5.74, 6) is 0.813. The van der Waals surface area contributed by atoms with E-state index in [0.717, 1.165) is 72.3 Å². The molecule has 2 amide bonds. The van der Waals surface area contributed by atoms with Gasteiger partial charge in [-0.05, 0) is 58.6 Å². The van der Waals surface area contributed by atoms with Crippen molar-refractivity contribution in [2.75, 3.05) is 13.6 Å². The van der Waals surface area contributed by atoms with Gasteiger partial charge in [-0.15, -0.1) is 0 Å². The maximum absolute atomic E-state index is 14.1. The van der Waals surface area contributed by atoms with Gasteiger partial charge in [-0.1, -0.05) is 49.6 Å². The minimum absolute atomic E-state index is 0.0373. The summed E-state index contributed by atoms with van der Waals surface area (Å²) in [4.78, 5) is 41.9. The first-order chi connectivity index (χ1) is 18.0. The standard InChI is InChI=1S/C29H38N6O2/c1-18(30-3)28(36)34-26(21-13-8-5-9-14-21)29(37)35-16-10-15-24(35)22-17-23-27(33-22)25(32-19(2)31-23)20-11-6-4-7-12-20/h4,6-7,11-12,17-18,21,24,26,30,33H,5,8-10,13-16H2,1-3H3,(H,34,36). The van der Waals surface area contributed by atoms with Gasteiger partial charge in [0.2, 0.25) is 11.8 Å². The van der Waals surface area contributed by atoms with E-state index >= 15 is 0 Å². The molecule has 37 heavy (non-hydrogen) atoms. The Morgan fingerprint density at radius 1 is 1.05 bits per heavy atom. The average Bonchev–Trinajstić information content (AvgIpc) is 3.58. The molecule has 1 aliphatic carbocycles. The monoisotopic (exact) mass is 502 g/mol. The van der Waals surface area contributed by atoms with Crippen LogP contribution in [0.15, 0.2) is 36.4 Å². The molecule has 0 spiro atoms. The van der Waals surface area contributed by atoms with E-state index in [1.807, 2.05) is 36.9 Å². The normalized spacial score (nSPS) is 20.2. The van der Waals surface area contributed by atoms with Gasteiger partial charge in [-0.3, -0.25) is 9.59 Å². The van der Waals surface area contributed by atoms with Gasteiger partial charge in [0.05, 0.1) is 28.8 Å². The van der Waals surface area contributed by atoms with E-state index in [1.165, 1.54) is 6.42 Å². The van der Waals surface area contributed by atoms with Crippen molar-refractivity contribution < 1.29 is 9.59 Å². The molecule has 5 rings (SSSR count). The Hall–Kier alpha value is -3.26. The zero-order chi connectivity index (χ0) is 25.9. The van der Waals surface area contributed by atoms with E-state index in [0.29, 0.717) is 6.54 Å². The Morgan fingerprint density at radius 2 is 1.81 bits per heavy atom. The maximum atomic E-state index is 14.1. The number of aryl methyl sites for hydroxylation is 1. The molecule has 2 aliphatic rings. The number of hydrogen-bond donors (Lipinski definition) is 3. The fourth-order valence-corrected chi connectivity index (χ4v) is 5.92. The van der Waals surface area contributed by atoms with Gasteiger partial charge in [-0.2, -0.15) is 0 Å². The van der Waals surface area contributed by atoms with Gasteiger partial charge in [0.1, 0.15) is 11.9 Å². The Kier molecular flexibility index (Phi) is 7.55. The second-order valence-electron chi connectivity index (χ2n) is 10.6. The maximum Gasteiger partial charge on any atom is 0.246 e. The van der Waals surface area contributed by atoms with Crippen molar-refractivity contribution in [2.24, 2.45) is 5.92 Å². The summed E-state index contributed by atoms with van der Waals surface area (Å²) in [6.07, 6.45) is 7.18. The highest BCUT2D eigenvalue weighted by atomic mass is 16.2. The van der Waals surface area contributed by atoms with Crippen LogP contribution in [-0.2, 0) is 9.59 Å². The number of carbonyl (C=O) groups excluding carboxylic acids is 2. The Morgan fingerprint density at radius 3 is 2.54 bits per heavy atom. The van der Waals surface area contributed by atoms with Crippen molar-refractivity contribution in [2.45, 2.75) is 76.9 Å². The van der Waals surface area contributed by atoms with E-state index < -0.39 is 6.04 Å². The SMILES string of the molecule is CNC(C)C(=O)NC(C(=O)N1CCCC1c1cc2nc(C)nc(-c3ccccc3)c2[nH]1)C1CCCCC1. The fraction of sp³-hybridized carbons (Fsp3) is 0.517. The number of amides is 2. The lowest BCUT2D eigenvalue weighted by Crippen LogP contribution is -2.55. The van der Waals surface area contributed by atoms with Crippen LogP contribution >= 0.6 is 0 Å². The lowest BCUT2D eigenvalue weighted by atomic mass is 9.83. The van der Waals surface area contributed by atoms with Crippen LogP contribution in [0.3, 0.4) is 0 Å². The van der Waals surface area contributed by atoms with Gasteiger partial charge in [0.15, 0.2) is 0 Å². The summed E-state index contributed by atoms with van der Waals surface area (Å²) >= 11 is 0. The number of nitrogens with zero attached hydrogens (tertiary/aromatic N) is 3.